The zero-order valence-electron chi connectivity index (χ0n) is 18.1. The van der Waals surface area contributed by atoms with Crippen LogP contribution in [0, 0.1) is 24.2 Å². The number of aromatic hydroxyl groups is 1. The van der Waals surface area contributed by atoms with Crippen molar-refractivity contribution in [1.29, 1.82) is 0 Å². The standard InChI is InChI=1S/C24H34O4/c1-15(11-12-24(5)17(3)8-10-21(26)18(24)4)7-9-19-22(28-6)13-16(2)20(14-25)23(19)27/h7,13-14,17-18,27H,8-12H2,1-6H3/b15-7+/t17-,18+,24+/m0/s1. The Kier molecular flexibility index (Phi) is 7.08. The van der Waals surface area contributed by atoms with Gasteiger partial charge >= 0.3 is 0 Å². The number of allylic oxidation sites excluding steroid dienone is 2. The number of aldehydes is 1. The molecule has 4 heteroatoms. The van der Waals surface area contributed by atoms with Crippen molar-refractivity contribution >= 4 is 12.1 Å². The number of hydrogen-bond acceptors (Lipinski definition) is 4. The molecular formula is C24H34O4. The average Bonchev–Trinajstić information content (AvgIpc) is 2.67. The Morgan fingerprint density at radius 2 is 2.07 bits per heavy atom. The van der Waals surface area contributed by atoms with Crippen LogP contribution in [0.25, 0.3) is 0 Å². The molecule has 1 aromatic rings. The second kappa shape index (κ2) is 8.93. The molecule has 4 nitrogen and oxygen atoms in total. The number of ether oxygens (including phenoxy) is 1. The van der Waals surface area contributed by atoms with Crippen molar-refractivity contribution in [2.24, 2.45) is 17.3 Å². The number of phenols is 1. The van der Waals surface area contributed by atoms with Gasteiger partial charge in [0.1, 0.15) is 17.3 Å². The van der Waals surface area contributed by atoms with Gasteiger partial charge in [0.05, 0.1) is 12.7 Å². The number of hydrogen-bond donors (Lipinski definition) is 1. The van der Waals surface area contributed by atoms with E-state index in [9.17, 15) is 14.7 Å². The summed E-state index contributed by atoms with van der Waals surface area (Å²) in [6.45, 7) is 10.5. The van der Waals surface area contributed by atoms with Crippen LogP contribution < -0.4 is 4.74 Å². The van der Waals surface area contributed by atoms with Crippen molar-refractivity contribution in [3.05, 3.63) is 34.4 Å². The van der Waals surface area contributed by atoms with Crippen LogP contribution in [0.3, 0.4) is 0 Å². The fourth-order valence-corrected chi connectivity index (χ4v) is 4.36. The molecule has 0 amide bonds. The van der Waals surface area contributed by atoms with Crippen LogP contribution in [0.4, 0.5) is 0 Å². The van der Waals surface area contributed by atoms with Gasteiger partial charge in [-0.15, -0.1) is 0 Å². The third-order valence-corrected chi connectivity index (χ3v) is 7.08. The van der Waals surface area contributed by atoms with Crippen molar-refractivity contribution < 1.29 is 19.4 Å². The number of phenolic OH excluding ortho intramolecular Hbond substituents is 1. The van der Waals surface area contributed by atoms with E-state index in [2.05, 4.69) is 33.8 Å². The van der Waals surface area contributed by atoms with E-state index in [0.717, 1.165) is 19.3 Å². The minimum Gasteiger partial charge on any atom is -0.507 e. The highest BCUT2D eigenvalue weighted by molar-refractivity contribution is 5.83. The van der Waals surface area contributed by atoms with Crippen LogP contribution in [-0.2, 0) is 11.2 Å². The van der Waals surface area contributed by atoms with E-state index in [1.54, 1.807) is 20.1 Å². The topological polar surface area (TPSA) is 63.6 Å². The van der Waals surface area contributed by atoms with Crippen LogP contribution in [0.2, 0.25) is 0 Å². The number of ketones is 1. The molecule has 0 heterocycles. The summed E-state index contributed by atoms with van der Waals surface area (Å²) in [5.41, 5.74) is 2.90. The summed E-state index contributed by atoms with van der Waals surface area (Å²) in [6, 6.07) is 1.79. The highest BCUT2D eigenvalue weighted by atomic mass is 16.5. The van der Waals surface area contributed by atoms with Gasteiger partial charge < -0.3 is 9.84 Å². The van der Waals surface area contributed by atoms with Crippen molar-refractivity contribution in [3.63, 3.8) is 0 Å². The smallest absolute Gasteiger partial charge is 0.154 e. The Morgan fingerprint density at radius 1 is 1.39 bits per heavy atom. The number of Topliss-reactive ketones (excluding diaryl/α,β-unsaturated/α-hetero) is 1. The zero-order valence-corrected chi connectivity index (χ0v) is 18.1. The largest absolute Gasteiger partial charge is 0.507 e. The summed E-state index contributed by atoms with van der Waals surface area (Å²) in [4.78, 5) is 23.5. The highest BCUT2D eigenvalue weighted by Gasteiger charge is 2.42. The van der Waals surface area contributed by atoms with Crippen LogP contribution in [0.15, 0.2) is 17.7 Å². The van der Waals surface area contributed by atoms with E-state index in [1.165, 1.54) is 5.57 Å². The van der Waals surface area contributed by atoms with Gasteiger partial charge in [-0.05, 0) is 62.5 Å². The molecule has 0 saturated heterocycles. The summed E-state index contributed by atoms with van der Waals surface area (Å²) in [7, 11) is 1.57. The van der Waals surface area contributed by atoms with E-state index >= 15 is 0 Å². The molecule has 1 aliphatic carbocycles. The van der Waals surface area contributed by atoms with Crippen molar-refractivity contribution in [2.45, 2.75) is 66.7 Å². The number of rotatable bonds is 7. The van der Waals surface area contributed by atoms with Gasteiger partial charge in [0.15, 0.2) is 6.29 Å². The maximum absolute atomic E-state index is 12.2. The predicted molar refractivity (Wildman–Crippen MR) is 112 cm³/mol. The number of carbonyl (C=O) groups is 2. The molecule has 0 bridgehead atoms. The second-order valence-electron chi connectivity index (χ2n) is 8.64. The molecule has 28 heavy (non-hydrogen) atoms. The van der Waals surface area contributed by atoms with E-state index in [4.69, 9.17) is 4.74 Å². The second-order valence-corrected chi connectivity index (χ2v) is 8.64. The monoisotopic (exact) mass is 386 g/mol. The lowest BCUT2D eigenvalue weighted by Crippen LogP contribution is -2.41. The van der Waals surface area contributed by atoms with Crippen molar-refractivity contribution in [2.75, 3.05) is 7.11 Å². The lowest BCUT2D eigenvalue weighted by Gasteiger charge is -2.44. The maximum Gasteiger partial charge on any atom is 0.154 e. The first-order valence-corrected chi connectivity index (χ1v) is 10.2. The number of benzene rings is 1. The quantitative estimate of drug-likeness (QED) is 0.501. The molecule has 1 saturated carbocycles. The molecule has 1 fully saturated rings. The van der Waals surface area contributed by atoms with Gasteiger partial charge in [0.25, 0.3) is 0 Å². The number of aryl methyl sites for hydroxylation is 1. The molecular weight excluding hydrogens is 352 g/mol. The minimum atomic E-state index is 0.00276. The van der Waals surface area contributed by atoms with Crippen LogP contribution >= 0.6 is 0 Å². The Labute approximate surface area is 169 Å². The Morgan fingerprint density at radius 3 is 2.68 bits per heavy atom. The molecule has 0 radical (unpaired) electrons. The first-order chi connectivity index (χ1) is 13.2. The Bertz CT molecular complexity index is 777. The van der Waals surface area contributed by atoms with Crippen LogP contribution in [0.1, 0.15) is 74.9 Å². The first kappa shape index (κ1) is 22.2. The third kappa shape index (κ3) is 4.31. The van der Waals surface area contributed by atoms with E-state index < -0.39 is 0 Å². The molecule has 0 spiro atoms. The molecule has 154 valence electrons. The summed E-state index contributed by atoms with van der Waals surface area (Å²) in [5.74, 6) is 1.61. The molecule has 0 aliphatic heterocycles. The fourth-order valence-electron chi connectivity index (χ4n) is 4.36. The van der Waals surface area contributed by atoms with Gasteiger partial charge in [-0.2, -0.15) is 0 Å². The fraction of sp³-hybridized carbons (Fsp3) is 0.583. The summed E-state index contributed by atoms with van der Waals surface area (Å²) >= 11 is 0. The molecule has 1 aliphatic rings. The number of methoxy groups -OCH3 is 1. The lowest BCUT2D eigenvalue weighted by molar-refractivity contribution is -0.132. The number of carbonyl (C=O) groups excluding carboxylic acids is 2. The van der Waals surface area contributed by atoms with Crippen molar-refractivity contribution in [3.8, 4) is 11.5 Å². The summed E-state index contributed by atoms with van der Waals surface area (Å²) in [6.07, 6.45) is 6.85. The van der Waals surface area contributed by atoms with E-state index in [1.807, 2.05) is 0 Å². The Hall–Kier alpha value is -2.10. The Balaban J connectivity index is 2.15. The highest BCUT2D eigenvalue weighted by Crippen LogP contribution is 2.47. The maximum atomic E-state index is 12.2. The van der Waals surface area contributed by atoms with Gasteiger partial charge in [-0.1, -0.05) is 32.4 Å². The molecule has 1 aromatic carbocycles. The van der Waals surface area contributed by atoms with Gasteiger partial charge in [-0.25, -0.2) is 0 Å². The molecule has 0 aromatic heterocycles. The van der Waals surface area contributed by atoms with Crippen molar-refractivity contribution in [1.82, 2.24) is 0 Å². The molecule has 3 atom stereocenters. The summed E-state index contributed by atoms with van der Waals surface area (Å²) in [5, 5.41) is 10.5. The zero-order chi connectivity index (χ0) is 21.1. The minimum absolute atomic E-state index is 0.00276. The van der Waals surface area contributed by atoms with Crippen LogP contribution in [-0.4, -0.2) is 24.3 Å². The SMILES string of the molecule is COc1cc(C)c(C=O)c(O)c1C/C=C(\C)CC[C@@]1(C)[C@H](C)C(=O)CC[C@@H]1C. The van der Waals surface area contributed by atoms with Crippen LogP contribution in [0.5, 0.6) is 11.5 Å². The average molecular weight is 387 g/mol. The third-order valence-electron chi connectivity index (χ3n) is 7.08. The molecule has 0 unspecified atom stereocenters. The van der Waals surface area contributed by atoms with E-state index in [-0.39, 0.29) is 17.1 Å². The first-order valence-electron chi connectivity index (χ1n) is 10.2. The normalized spacial score (nSPS) is 25.6. The summed E-state index contributed by atoms with van der Waals surface area (Å²) < 4.78 is 5.41. The lowest BCUT2D eigenvalue weighted by atomic mass is 9.59. The van der Waals surface area contributed by atoms with Gasteiger partial charge in [-0.3, -0.25) is 9.59 Å². The van der Waals surface area contributed by atoms with Gasteiger partial charge in [0, 0.05) is 17.9 Å². The molecule has 1 N–H and O–H groups in total. The predicted octanol–water partition coefficient (Wildman–Crippen LogP) is 5.43. The van der Waals surface area contributed by atoms with Gasteiger partial charge in [0.2, 0.25) is 0 Å². The van der Waals surface area contributed by atoms with E-state index in [0.29, 0.717) is 53.3 Å². The molecule has 2 rings (SSSR count).